The predicted molar refractivity (Wildman–Crippen MR) is 120 cm³/mol. The number of rotatable bonds is 6. The molecule has 2 aromatic carbocycles. The Morgan fingerprint density at radius 1 is 1.09 bits per heavy atom. The van der Waals surface area contributed by atoms with E-state index in [0.29, 0.717) is 28.3 Å². The molecule has 0 aliphatic carbocycles. The highest BCUT2D eigenvalue weighted by atomic mass is 35.5. The first kappa shape index (κ1) is 21.5. The van der Waals surface area contributed by atoms with Gasteiger partial charge in [-0.1, -0.05) is 59.2 Å². The smallest absolute Gasteiger partial charge is 0.339 e. The summed E-state index contributed by atoms with van der Waals surface area (Å²) in [7, 11) is 1.64. The molecule has 0 N–H and O–H groups in total. The molecular weight excluding hydrogens is 430 g/mol. The molecule has 2 aromatic heterocycles. The van der Waals surface area contributed by atoms with Crippen LogP contribution in [0.5, 0.6) is 0 Å². The third-order valence-corrected chi connectivity index (χ3v) is 5.20. The van der Waals surface area contributed by atoms with Crippen LogP contribution in [0.15, 0.2) is 65.2 Å². The lowest BCUT2D eigenvalue weighted by Gasteiger charge is -2.17. The summed E-state index contributed by atoms with van der Waals surface area (Å²) in [4.78, 5) is 31.4. The van der Waals surface area contributed by atoms with Crippen LogP contribution in [-0.4, -0.2) is 40.6 Å². The molecule has 0 atom stereocenters. The number of halogens is 1. The number of esters is 1. The Morgan fingerprint density at radius 2 is 1.88 bits per heavy atom. The second-order valence-electron chi connectivity index (χ2n) is 7.33. The Bertz CT molecular complexity index is 1290. The number of carbonyl (C=O) groups is 2. The fourth-order valence-corrected chi connectivity index (χ4v) is 3.54. The van der Waals surface area contributed by atoms with Crippen LogP contribution in [0.1, 0.15) is 21.6 Å². The first-order chi connectivity index (χ1) is 15.4. The van der Waals surface area contributed by atoms with Crippen LogP contribution in [0, 0.1) is 6.92 Å². The van der Waals surface area contributed by atoms with Gasteiger partial charge in [-0.15, -0.1) is 0 Å². The number of fused-ring (bicyclic) bond motifs is 1. The second kappa shape index (κ2) is 9.20. The van der Waals surface area contributed by atoms with Crippen molar-refractivity contribution < 1.29 is 18.8 Å². The monoisotopic (exact) mass is 449 g/mol. The van der Waals surface area contributed by atoms with Gasteiger partial charge in [0.05, 0.1) is 22.3 Å². The van der Waals surface area contributed by atoms with Crippen molar-refractivity contribution in [1.82, 2.24) is 15.0 Å². The number of hydrogen-bond donors (Lipinski definition) is 0. The average molecular weight is 450 g/mol. The van der Waals surface area contributed by atoms with E-state index in [2.05, 4.69) is 10.1 Å². The number of benzene rings is 2. The highest BCUT2D eigenvalue weighted by molar-refractivity contribution is 6.30. The van der Waals surface area contributed by atoms with Gasteiger partial charge < -0.3 is 14.2 Å². The first-order valence-electron chi connectivity index (χ1n) is 9.90. The minimum atomic E-state index is -0.648. The molecule has 0 saturated heterocycles. The number of nitrogens with zero attached hydrogens (tertiary/aromatic N) is 3. The minimum Gasteiger partial charge on any atom is -0.452 e. The molecule has 32 heavy (non-hydrogen) atoms. The summed E-state index contributed by atoms with van der Waals surface area (Å²) >= 11 is 6.00. The van der Waals surface area contributed by atoms with Crippen molar-refractivity contribution in [3.8, 4) is 11.3 Å². The summed E-state index contributed by atoms with van der Waals surface area (Å²) < 4.78 is 10.6. The lowest BCUT2D eigenvalue weighted by molar-refractivity contribution is -0.133. The average Bonchev–Trinajstić information content (AvgIpc) is 3.18. The molecule has 8 heteroatoms. The van der Waals surface area contributed by atoms with E-state index >= 15 is 0 Å². The summed E-state index contributed by atoms with van der Waals surface area (Å²) in [5.74, 6) is -0.987. The zero-order valence-electron chi connectivity index (χ0n) is 17.5. The van der Waals surface area contributed by atoms with Crippen molar-refractivity contribution in [1.29, 1.82) is 0 Å². The number of aromatic nitrogens is 2. The minimum absolute atomic E-state index is 0.236. The van der Waals surface area contributed by atoms with Gasteiger partial charge in [-0.3, -0.25) is 4.79 Å². The number of likely N-dealkylation sites (N-methyl/N-ethyl adjacent to an activating group) is 1. The van der Waals surface area contributed by atoms with E-state index in [4.69, 9.17) is 20.9 Å². The van der Waals surface area contributed by atoms with Crippen molar-refractivity contribution in [2.24, 2.45) is 0 Å². The van der Waals surface area contributed by atoms with Gasteiger partial charge in [-0.2, -0.15) is 0 Å². The number of ether oxygens (including phenoxy) is 1. The SMILES string of the molecule is Cc1noc2nc(-c3ccccc3)cc(C(=O)OCC(=O)N(C)Cc3cccc(Cl)c3)c12. The molecule has 0 radical (unpaired) electrons. The van der Waals surface area contributed by atoms with Gasteiger partial charge >= 0.3 is 5.97 Å². The molecule has 0 unspecified atom stereocenters. The summed E-state index contributed by atoms with van der Waals surface area (Å²) in [5.41, 5.74) is 3.24. The van der Waals surface area contributed by atoms with Gasteiger partial charge in [-0.05, 0) is 30.7 Å². The zero-order valence-corrected chi connectivity index (χ0v) is 18.3. The molecule has 4 rings (SSSR count). The van der Waals surface area contributed by atoms with Gasteiger partial charge in [0.2, 0.25) is 0 Å². The van der Waals surface area contributed by atoms with Gasteiger partial charge in [0, 0.05) is 24.2 Å². The summed E-state index contributed by atoms with van der Waals surface area (Å²) in [6.07, 6.45) is 0. The summed E-state index contributed by atoms with van der Waals surface area (Å²) in [5, 5.41) is 4.98. The highest BCUT2D eigenvalue weighted by Crippen LogP contribution is 2.27. The molecule has 0 aliphatic heterocycles. The summed E-state index contributed by atoms with van der Waals surface area (Å²) in [6, 6.07) is 18.3. The largest absolute Gasteiger partial charge is 0.452 e. The lowest BCUT2D eigenvalue weighted by atomic mass is 10.1. The van der Waals surface area contributed by atoms with Crippen LogP contribution in [-0.2, 0) is 16.1 Å². The first-order valence-corrected chi connectivity index (χ1v) is 10.3. The van der Waals surface area contributed by atoms with E-state index in [1.54, 1.807) is 32.2 Å². The van der Waals surface area contributed by atoms with Crippen molar-refractivity contribution in [3.63, 3.8) is 0 Å². The Labute approximate surface area is 189 Å². The maximum atomic E-state index is 12.9. The topological polar surface area (TPSA) is 85.5 Å². The number of pyridine rings is 1. The Hall–Kier alpha value is -3.71. The van der Waals surface area contributed by atoms with Gasteiger partial charge in [0.15, 0.2) is 6.61 Å². The molecule has 162 valence electrons. The fraction of sp³-hybridized carbons (Fsp3) is 0.167. The number of hydrogen-bond acceptors (Lipinski definition) is 6. The van der Waals surface area contributed by atoms with E-state index in [-0.39, 0.29) is 17.2 Å². The van der Waals surface area contributed by atoms with Crippen molar-refractivity contribution in [2.75, 3.05) is 13.7 Å². The summed E-state index contributed by atoms with van der Waals surface area (Å²) in [6.45, 7) is 1.67. The molecule has 0 saturated carbocycles. The highest BCUT2D eigenvalue weighted by Gasteiger charge is 2.22. The van der Waals surface area contributed by atoms with Gasteiger partial charge in [0.1, 0.15) is 0 Å². The normalized spacial score (nSPS) is 10.8. The third-order valence-electron chi connectivity index (χ3n) is 4.97. The van der Waals surface area contributed by atoms with Crippen molar-refractivity contribution in [3.05, 3.63) is 82.5 Å². The van der Waals surface area contributed by atoms with E-state index in [1.807, 2.05) is 42.5 Å². The van der Waals surface area contributed by atoms with Crippen LogP contribution in [0.3, 0.4) is 0 Å². The van der Waals surface area contributed by atoms with E-state index in [9.17, 15) is 9.59 Å². The number of carbonyl (C=O) groups excluding carboxylic acids is 2. The van der Waals surface area contributed by atoms with E-state index in [1.165, 1.54) is 4.90 Å². The Balaban J connectivity index is 1.52. The predicted octanol–water partition coefficient (Wildman–Crippen LogP) is 4.67. The molecule has 7 nitrogen and oxygen atoms in total. The Kier molecular flexibility index (Phi) is 6.18. The molecule has 0 spiro atoms. The quantitative estimate of drug-likeness (QED) is 0.398. The van der Waals surface area contributed by atoms with E-state index in [0.717, 1.165) is 11.1 Å². The van der Waals surface area contributed by atoms with Crippen LogP contribution >= 0.6 is 11.6 Å². The van der Waals surface area contributed by atoms with E-state index < -0.39 is 12.6 Å². The maximum Gasteiger partial charge on any atom is 0.339 e. The van der Waals surface area contributed by atoms with Gasteiger partial charge in [0.25, 0.3) is 11.6 Å². The molecule has 4 aromatic rings. The maximum absolute atomic E-state index is 12.9. The molecule has 0 fully saturated rings. The third kappa shape index (κ3) is 4.63. The van der Waals surface area contributed by atoms with Crippen LogP contribution in [0.25, 0.3) is 22.4 Å². The standard InChI is InChI=1S/C24H20ClN3O4/c1-15-22-19(12-20(26-23(22)32-27-15)17-8-4-3-5-9-17)24(30)31-14-21(29)28(2)13-16-7-6-10-18(25)11-16/h3-12H,13-14H2,1-2H3. The molecule has 1 amide bonds. The molecule has 0 bridgehead atoms. The van der Waals surface area contributed by atoms with Crippen molar-refractivity contribution in [2.45, 2.75) is 13.5 Å². The molecular formula is C24H20ClN3O4. The zero-order chi connectivity index (χ0) is 22.7. The van der Waals surface area contributed by atoms with Crippen LogP contribution in [0.4, 0.5) is 0 Å². The molecule has 2 heterocycles. The molecule has 0 aliphatic rings. The lowest BCUT2D eigenvalue weighted by Crippen LogP contribution is -2.30. The second-order valence-corrected chi connectivity index (χ2v) is 7.76. The van der Waals surface area contributed by atoms with Crippen LogP contribution in [0.2, 0.25) is 5.02 Å². The Morgan fingerprint density at radius 3 is 2.62 bits per heavy atom. The van der Waals surface area contributed by atoms with Gasteiger partial charge in [-0.25, -0.2) is 9.78 Å². The van der Waals surface area contributed by atoms with Crippen LogP contribution < -0.4 is 0 Å². The van der Waals surface area contributed by atoms with Crippen molar-refractivity contribution >= 4 is 34.6 Å². The fourth-order valence-electron chi connectivity index (χ4n) is 3.33. The number of amides is 1. The number of aryl methyl sites for hydroxylation is 1.